The number of benzene rings is 2. The molecular weight excluding hydrogens is 298 g/mol. The van der Waals surface area contributed by atoms with E-state index in [-0.39, 0.29) is 0 Å². The smallest absolute Gasteiger partial charge is 0.120 e. The zero-order valence-electron chi connectivity index (χ0n) is 14.1. The van der Waals surface area contributed by atoms with Gasteiger partial charge in [0.15, 0.2) is 0 Å². The van der Waals surface area contributed by atoms with Gasteiger partial charge in [-0.3, -0.25) is 4.90 Å². The molecule has 4 nitrogen and oxygen atoms in total. The highest BCUT2D eigenvalue weighted by Gasteiger charge is 2.26. The molecular formula is C20H23N3O. The number of hydrogen-bond acceptors (Lipinski definition) is 4. The third kappa shape index (κ3) is 4.14. The van der Waals surface area contributed by atoms with Crippen LogP contribution in [0.2, 0.25) is 0 Å². The van der Waals surface area contributed by atoms with Crippen molar-refractivity contribution in [3.05, 3.63) is 65.7 Å². The van der Waals surface area contributed by atoms with Gasteiger partial charge in [-0.05, 0) is 30.8 Å². The summed E-state index contributed by atoms with van der Waals surface area (Å²) in [5, 5.41) is 8.96. The Bertz CT molecular complexity index is 696. The summed E-state index contributed by atoms with van der Waals surface area (Å²) in [6, 6.07) is 20.6. The van der Waals surface area contributed by atoms with Gasteiger partial charge >= 0.3 is 0 Å². The molecule has 0 aliphatic carbocycles. The first-order chi connectivity index (χ1) is 11.8. The molecule has 1 aliphatic heterocycles. The van der Waals surface area contributed by atoms with Crippen molar-refractivity contribution in [3.63, 3.8) is 0 Å². The van der Waals surface area contributed by atoms with E-state index in [1.54, 1.807) is 12.1 Å². The van der Waals surface area contributed by atoms with Gasteiger partial charge in [0.25, 0.3) is 0 Å². The van der Waals surface area contributed by atoms with Crippen LogP contribution in [-0.4, -0.2) is 49.6 Å². The van der Waals surface area contributed by atoms with Crippen molar-refractivity contribution in [2.75, 3.05) is 39.8 Å². The van der Waals surface area contributed by atoms with Gasteiger partial charge in [-0.25, -0.2) is 0 Å². The van der Waals surface area contributed by atoms with E-state index < -0.39 is 0 Å². The Kier molecular flexibility index (Phi) is 5.47. The van der Waals surface area contributed by atoms with Crippen molar-refractivity contribution in [1.82, 2.24) is 9.80 Å². The zero-order chi connectivity index (χ0) is 16.8. The zero-order valence-corrected chi connectivity index (χ0v) is 14.1. The Morgan fingerprint density at radius 3 is 2.75 bits per heavy atom. The first-order valence-corrected chi connectivity index (χ1v) is 8.37. The summed E-state index contributed by atoms with van der Waals surface area (Å²) in [6.07, 6.45) is 0. The second kappa shape index (κ2) is 7.96. The van der Waals surface area contributed by atoms with Gasteiger partial charge in [0, 0.05) is 32.2 Å². The number of likely N-dealkylation sites (N-methyl/N-ethyl adjacent to an activating group) is 1. The molecule has 3 rings (SSSR count). The molecule has 1 aliphatic rings. The number of nitrogens with zero attached hydrogens (tertiary/aromatic N) is 3. The summed E-state index contributed by atoms with van der Waals surface area (Å²) in [4.78, 5) is 4.87. The minimum Gasteiger partial charge on any atom is -0.492 e. The van der Waals surface area contributed by atoms with Crippen molar-refractivity contribution in [2.45, 2.75) is 6.04 Å². The van der Waals surface area contributed by atoms with Crippen molar-refractivity contribution in [1.29, 1.82) is 5.26 Å². The highest BCUT2D eigenvalue weighted by Crippen LogP contribution is 2.24. The highest BCUT2D eigenvalue weighted by molar-refractivity contribution is 5.36. The van der Waals surface area contributed by atoms with E-state index >= 15 is 0 Å². The van der Waals surface area contributed by atoms with Crippen LogP contribution in [0.25, 0.3) is 0 Å². The highest BCUT2D eigenvalue weighted by atomic mass is 16.5. The average molecular weight is 321 g/mol. The maximum absolute atomic E-state index is 8.96. The summed E-state index contributed by atoms with van der Waals surface area (Å²) < 4.78 is 5.86. The lowest BCUT2D eigenvalue weighted by atomic mass is 10.0. The molecule has 0 bridgehead atoms. The molecule has 0 spiro atoms. The van der Waals surface area contributed by atoms with E-state index in [2.05, 4.69) is 53.2 Å². The molecule has 2 aromatic rings. The largest absolute Gasteiger partial charge is 0.492 e. The topological polar surface area (TPSA) is 39.5 Å². The van der Waals surface area contributed by atoms with Gasteiger partial charge in [-0.15, -0.1) is 0 Å². The average Bonchev–Trinajstić information content (AvgIpc) is 2.64. The summed E-state index contributed by atoms with van der Waals surface area (Å²) in [7, 11) is 2.18. The van der Waals surface area contributed by atoms with Gasteiger partial charge in [-0.1, -0.05) is 36.4 Å². The van der Waals surface area contributed by atoms with E-state index in [9.17, 15) is 0 Å². The van der Waals surface area contributed by atoms with E-state index in [1.807, 2.05) is 12.1 Å². The Morgan fingerprint density at radius 2 is 1.96 bits per heavy atom. The summed E-state index contributed by atoms with van der Waals surface area (Å²) in [5.41, 5.74) is 1.99. The lowest BCUT2D eigenvalue weighted by Gasteiger charge is -2.40. The van der Waals surface area contributed by atoms with Crippen LogP contribution in [0, 0.1) is 11.3 Å². The maximum Gasteiger partial charge on any atom is 0.120 e. The number of hydrogen-bond donors (Lipinski definition) is 0. The van der Waals surface area contributed by atoms with E-state index in [4.69, 9.17) is 10.00 Å². The third-order valence-corrected chi connectivity index (χ3v) is 4.49. The van der Waals surface area contributed by atoms with Gasteiger partial charge in [0.1, 0.15) is 12.4 Å². The van der Waals surface area contributed by atoms with Crippen molar-refractivity contribution in [2.24, 2.45) is 0 Å². The normalized spacial score (nSPS) is 18.9. The van der Waals surface area contributed by atoms with Gasteiger partial charge in [-0.2, -0.15) is 5.26 Å². The molecule has 1 heterocycles. The molecule has 0 N–H and O–H groups in total. The fraction of sp³-hybridized carbons (Fsp3) is 0.350. The Labute approximate surface area is 143 Å². The summed E-state index contributed by atoms with van der Waals surface area (Å²) in [6.45, 7) is 4.66. The molecule has 4 heteroatoms. The van der Waals surface area contributed by atoms with Crippen LogP contribution in [-0.2, 0) is 0 Å². The predicted octanol–water partition coefficient (Wildman–Crippen LogP) is 2.93. The van der Waals surface area contributed by atoms with Gasteiger partial charge < -0.3 is 9.64 Å². The second-order valence-corrected chi connectivity index (χ2v) is 6.21. The molecule has 0 aromatic heterocycles. The van der Waals surface area contributed by atoms with E-state index in [0.717, 1.165) is 31.9 Å². The molecule has 1 fully saturated rings. The summed E-state index contributed by atoms with van der Waals surface area (Å²) >= 11 is 0. The molecule has 1 unspecified atom stereocenters. The quantitative estimate of drug-likeness (QED) is 0.849. The Hall–Kier alpha value is -2.35. The molecule has 0 amide bonds. The number of piperazine rings is 1. The maximum atomic E-state index is 8.96. The second-order valence-electron chi connectivity index (χ2n) is 6.21. The van der Waals surface area contributed by atoms with Gasteiger partial charge in [0.05, 0.1) is 11.6 Å². The van der Waals surface area contributed by atoms with Crippen LogP contribution in [0.3, 0.4) is 0 Å². The standard InChI is InChI=1S/C20H23N3O/c1-22-10-11-23(20(16-22)18-7-3-2-4-8-18)12-13-24-19-9-5-6-17(14-19)15-21/h2-9,14,20H,10-13,16H2,1H3. The third-order valence-electron chi connectivity index (χ3n) is 4.49. The van der Waals surface area contributed by atoms with Crippen molar-refractivity contribution >= 4 is 0 Å². The Morgan fingerprint density at radius 1 is 1.12 bits per heavy atom. The van der Waals surface area contributed by atoms with Crippen LogP contribution >= 0.6 is 0 Å². The monoisotopic (exact) mass is 321 g/mol. The number of nitriles is 1. The van der Waals surface area contributed by atoms with E-state index in [1.165, 1.54) is 5.56 Å². The number of rotatable bonds is 5. The van der Waals surface area contributed by atoms with Crippen LogP contribution < -0.4 is 4.74 Å². The van der Waals surface area contributed by atoms with Crippen molar-refractivity contribution < 1.29 is 4.74 Å². The first kappa shape index (κ1) is 16.5. The fourth-order valence-corrected chi connectivity index (χ4v) is 3.15. The molecule has 1 saturated heterocycles. The number of ether oxygens (including phenoxy) is 1. The molecule has 1 atom stereocenters. The van der Waals surface area contributed by atoms with Crippen LogP contribution in [0.1, 0.15) is 17.2 Å². The van der Waals surface area contributed by atoms with Crippen molar-refractivity contribution in [3.8, 4) is 11.8 Å². The molecule has 0 radical (unpaired) electrons. The van der Waals surface area contributed by atoms with Crippen LogP contribution in [0.5, 0.6) is 5.75 Å². The van der Waals surface area contributed by atoms with Crippen LogP contribution in [0.4, 0.5) is 0 Å². The molecule has 24 heavy (non-hydrogen) atoms. The molecule has 2 aromatic carbocycles. The minimum absolute atomic E-state index is 0.402. The molecule has 0 saturated carbocycles. The molecule has 124 valence electrons. The van der Waals surface area contributed by atoms with Crippen LogP contribution in [0.15, 0.2) is 54.6 Å². The van der Waals surface area contributed by atoms with E-state index in [0.29, 0.717) is 18.2 Å². The predicted molar refractivity (Wildman–Crippen MR) is 94.9 cm³/mol. The first-order valence-electron chi connectivity index (χ1n) is 8.37. The lowest BCUT2D eigenvalue weighted by Crippen LogP contribution is -2.47. The van der Waals surface area contributed by atoms with Gasteiger partial charge in [0.2, 0.25) is 0 Å². The lowest BCUT2D eigenvalue weighted by molar-refractivity contribution is 0.0763. The summed E-state index contributed by atoms with van der Waals surface area (Å²) in [5.74, 6) is 0.763. The fourth-order valence-electron chi connectivity index (χ4n) is 3.15. The minimum atomic E-state index is 0.402. The Balaban J connectivity index is 1.61. The SMILES string of the molecule is CN1CCN(CCOc2cccc(C#N)c2)C(c2ccccc2)C1.